The van der Waals surface area contributed by atoms with Gasteiger partial charge in [-0.15, -0.1) is 0 Å². The van der Waals surface area contributed by atoms with Gasteiger partial charge in [0.05, 0.1) is 18.5 Å². The van der Waals surface area contributed by atoms with Gasteiger partial charge in [0.25, 0.3) is 5.69 Å². The maximum absolute atomic E-state index is 12.9. The van der Waals surface area contributed by atoms with Gasteiger partial charge >= 0.3 is 0 Å². The normalized spacial score (nSPS) is 10.8. The summed E-state index contributed by atoms with van der Waals surface area (Å²) in [6, 6.07) is 3.01. The van der Waals surface area contributed by atoms with Crippen molar-refractivity contribution in [3.63, 3.8) is 0 Å². The molecule has 0 aromatic carbocycles. The second kappa shape index (κ2) is 6.73. The van der Waals surface area contributed by atoms with Gasteiger partial charge in [0.2, 0.25) is 0 Å². The Kier molecular flexibility index (Phi) is 4.48. The van der Waals surface area contributed by atoms with Crippen LogP contribution in [-0.4, -0.2) is 26.1 Å². The number of nitrogen functional groups attached to an aromatic ring is 1. The number of nitrogens with two attached hydrogens (primary N) is 1. The molecule has 0 aliphatic heterocycles. The van der Waals surface area contributed by atoms with Crippen LogP contribution < -0.4 is 11.1 Å². The molecule has 3 heterocycles. The van der Waals surface area contributed by atoms with Gasteiger partial charge in [-0.25, -0.2) is 18.7 Å². The molecular formula is C17H18FN7. The minimum Gasteiger partial charge on any atom is -0.392 e. The highest BCUT2D eigenvalue weighted by Crippen LogP contribution is 2.32. The Morgan fingerprint density at radius 3 is 2.84 bits per heavy atom. The first-order valence-corrected chi connectivity index (χ1v) is 7.94. The summed E-state index contributed by atoms with van der Waals surface area (Å²) in [5.74, 6) is 0.331. The first kappa shape index (κ1) is 16.6. The molecule has 0 aliphatic rings. The molecule has 7 nitrogen and oxygen atoms in total. The van der Waals surface area contributed by atoms with E-state index in [-0.39, 0.29) is 17.3 Å². The SMILES string of the molecule is [C-]#[N+]c1c(NCCc2ccc(F)cn2)nc2c(CC)c(C)nn2c1N. The fourth-order valence-corrected chi connectivity index (χ4v) is 2.72. The van der Waals surface area contributed by atoms with Crippen LogP contribution >= 0.6 is 0 Å². The van der Waals surface area contributed by atoms with Crippen molar-refractivity contribution in [1.82, 2.24) is 19.6 Å². The van der Waals surface area contributed by atoms with Gasteiger partial charge in [0.15, 0.2) is 5.65 Å². The molecule has 3 rings (SSSR count). The molecule has 25 heavy (non-hydrogen) atoms. The lowest BCUT2D eigenvalue weighted by molar-refractivity contribution is 0.619. The number of pyridine rings is 1. The van der Waals surface area contributed by atoms with Crippen LogP contribution in [-0.2, 0) is 12.8 Å². The highest BCUT2D eigenvalue weighted by molar-refractivity contribution is 5.80. The van der Waals surface area contributed by atoms with Crippen LogP contribution in [0.5, 0.6) is 0 Å². The number of hydrogen-bond donors (Lipinski definition) is 2. The first-order chi connectivity index (χ1) is 12.0. The van der Waals surface area contributed by atoms with E-state index in [4.69, 9.17) is 12.3 Å². The Morgan fingerprint density at radius 2 is 2.20 bits per heavy atom. The summed E-state index contributed by atoms with van der Waals surface area (Å²) in [6.07, 6.45) is 2.53. The van der Waals surface area contributed by atoms with Crippen LogP contribution in [0.4, 0.5) is 21.7 Å². The highest BCUT2D eigenvalue weighted by Gasteiger charge is 2.18. The monoisotopic (exact) mass is 339 g/mol. The summed E-state index contributed by atoms with van der Waals surface area (Å²) in [5.41, 5.74) is 9.63. The van der Waals surface area contributed by atoms with Crippen molar-refractivity contribution in [3.8, 4) is 0 Å². The van der Waals surface area contributed by atoms with E-state index in [1.54, 1.807) is 6.07 Å². The third-order valence-corrected chi connectivity index (χ3v) is 4.00. The Bertz CT molecular complexity index is 954. The lowest BCUT2D eigenvalue weighted by Gasteiger charge is -2.11. The fraction of sp³-hybridized carbons (Fsp3) is 0.294. The standard InChI is InChI=1S/C17H18FN7/c1-4-13-10(2)24-25-15(19)14(20-3)16(23-17(13)25)21-8-7-12-6-5-11(18)9-22-12/h5-6,9H,4,7-8,19H2,1-2H3,(H,21,23). The average molecular weight is 339 g/mol. The van der Waals surface area contributed by atoms with Crippen LogP contribution in [0.15, 0.2) is 18.3 Å². The van der Waals surface area contributed by atoms with E-state index in [2.05, 4.69) is 25.2 Å². The quantitative estimate of drug-likeness (QED) is 0.698. The zero-order valence-electron chi connectivity index (χ0n) is 14.0. The van der Waals surface area contributed by atoms with Crippen molar-refractivity contribution in [1.29, 1.82) is 0 Å². The summed E-state index contributed by atoms with van der Waals surface area (Å²) in [4.78, 5) is 12.1. The number of rotatable bonds is 5. The Balaban J connectivity index is 1.89. The fourth-order valence-electron chi connectivity index (χ4n) is 2.72. The minimum absolute atomic E-state index is 0.240. The summed E-state index contributed by atoms with van der Waals surface area (Å²) in [6.45, 7) is 11.8. The molecule has 0 radical (unpaired) electrons. The summed E-state index contributed by atoms with van der Waals surface area (Å²) < 4.78 is 14.4. The summed E-state index contributed by atoms with van der Waals surface area (Å²) in [7, 11) is 0. The van der Waals surface area contributed by atoms with Gasteiger partial charge in [0.1, 0.15) is 17.5 Å². The first-order valence-electron chi connectivity index (χ1n) is 7.94. The molecule has 0 saturated heterocycles. The molecule has 3 aromatic heterocycles. The van der Waals surface area contributed by atoms with Crippen LogP contribution in [0.1, 0.15) is 23.9 Å². The minimum atomic E-state index is -0.366. The third-order valence-electron chi connectivity index (χ3n) is 4.00. The predicted molar refractivity (Wildman–Crippen MR) is 94.2 cm³/mol. The van der Waals surface area contributed by atoms with Gasteiger partial charge in [-0.05, 0) is 25.5 Å². The second-order valence-corrected chi connectivity index (χ2v) is 5.60. The lowest BCUT2D eigenvalue weighted by atomic mass is 10.2. The van der Waals surface area contributed by atoms with Crippen molar-refractivity contribution >= 4 is 23.0 Å². The number of anilines is 2. The Labute approximate surface area is 144 Å². The Hall–Kier alpha value is -3.21. The third kappa shape index (κ3) is 3.08. The molecule has 128 valence electrons. The van der Waals surface area contributed by atoms with Gasteiger partial charge in [-0.1, -0.05) is 6.92 Å². The van der Waals surface area contributed by atoms with Crippen molar-refractivity contribution in [2.75, 3.05) is 17.6 Å². The molecular weight excluding hydrogens is 321 g/mol. The zero-order valence-corrected chi connectivity index (χ0v) is 14.0. The van der Waals surface area contributed by atoms with Crippen molar-refractivity contribution < 1.29 is 4.39 Å². The molecule has 0 fully saturated rings. The molecule has 0 spiro atoms. The number of nitrogens with zero attached hydrogens (tertiary/aromatic N) is 5. The van der Waals surface area contributed by atoms with E-state index in [1.807, 2.05) is 13.8 Å². The number of hydrogen-bond acceptors (Lipinski definition) is 5. The van der Waals surface area contributed by atoms with E-state index in [0.29, 0.717) is 24.4 Å². The largest absolute Gasteiger partial charge is 0.392 e. The molecule has 0 atom stereocenters. The van der Waals surface area contributed by atoms with Gasteiger partial charge in [0, 0.05) is 24.2 Å². The van der Waals surface area contributed by atoms with Crippen LogP contribution in [0, 0.1) is 19.3 Å². The van der Waals surface area contributed by atoms with Gasteiger partial charge in [-0.3, -0.25) is 4.98 Å². The van der Waals surface area contributed by atoms with E-state index < -0.39 is 0 Å². The maximum atomic E-state index is 12.9. The predicted octanol–water partition coefficient (Wildman–Crippen LogP) is 2.92. The molecule has 0 saturated carbocycles. The number of fused-ring (bicyclic) bond motifs is 1. The van der Waals surface area contributed by atoms with E-state index in [9.17, 15) is 4.39 Å². The number of aryl methyl sites for hydroxylation is 2. The van der Waals surface area contributed by atoms with Crippen LogP contribution in [0.25, 0.3) is 10.5 Å². The van der Waals surface area contributed by atoms with E-state index in [0.717, 1.165) is 23.4 Å². The average Bonchev–Trinajstić information content (AvgIpc) is 2.92. The number of nitrogens with one attached hydrogen (secondary N) is 1. The molecule has 0 amide bonds. The van der Waals surface area contributed by atoms with Crippen LogP contribution in [0.2, 0.25) is 0 Å². The smallest absolute Gasteiger partial charge is 0.268 e. The number of halogens is 1. The van der Waals surface area contributed by atoms with Crippen LogP contribution in [0.3, 0.4) is 0 Å². The highest BCUT2D eigenvalue weighted by atomic mass is 19.1. The van der Waals surface area contributed by atoms with Gasteiger partial charge in [-0.2, -0.15) is 5.10 Å². The molecule has 0 unspecified atom stereocenters. The molecule has 0 bridgehead atoms. The molecule has 8 heteroatoms. The van der Waals surface area contributed by atoms with E-state index >= 15 is 0 Å². The Morgan fingerprint density at radius 1 is 1.40 bits per heavy atom. The second-order valence-electron chi connectivity index (χ2n) is 5.60. The van der Waals surface area contributed by atoms with Crippen molar-refractivity contribution in [2.45, 2.75) is 26.7 Å². The zero-order chi connectivity index (χ0) is 18.0. The lowest BCUT2D eigenvalue weighted by Crippen LogP contribution is -2.10. The molecule has 3 aromatic rings. The summed E-state index contributed by atoms with van der Waals surface area (Å²) >= 11 is 0. The summed E-state index contributed by atoms with van der Waals surface area (Å²) in [5, 5.41) is 7.52. The van der Waals surface area contributed by atoms with Crippen molar-refractivity contribution in [3.05, 3.63) is 52.5 Å². The topological polar surface area (TPSA) is 85.5 Å². The van der Waals surface area contributed by atoms with E-state index in [1.165, 1.54) is 16.8 Å². The number of aromatic nitrogens is 4. The molecule has 0 aliphatic carbocycles. The van der Waals surface area contributed by atoms with Crippen molar-refractivity contribution in [2.24, 2.45) is 0 Å². The maximum Gasteiger partial charge on any atom is 0.268 e. The molecule has 3 N–H and O–H groups in total. The van der Waals surface area contributed by atoms with Gasteiger partial charge < -0.3 is 11.1 Å².